The van der Waals surface area contributed by atoms with E-state index in [1.807, 2.05) is 18.7 Å². The Morgan fingerprint density at radius 1 is 1.29 bits per heavy atom. The molecule has 2 N–H and O–H groups in total. The lowest BCUT2D eigenvalue weighted by Gasteiger charge is -2.30. The van der Waals surface area contributed by atoms with Gasteiger partial charge in [-0.15, -0.1) is 0 Å². The monoisotopic (exact) mass is 454 g/mol. The molecular weight excluding hydrogens is 429 g/mol. The maximum absolute atomic E-state index is 13.8. The smallest absolute Gasteiger partial charge is 0.366 e. The summed E-state index contributed by atoms with van der Waals surface area (Å²) in [5.41, 5.74) is -1.25. The molecule has 31 heavy (non-hydrogen) atoms. The molecule has 3 heterocycles. The zero-order chi connectivity index (χ0) is 22.5. The van der Waals surface area contributed by atoms with Crippen LogP contribution in [0.2, 0.25) is 0 Å². The first-order valence-corrected chi connectivity index (χ1v) is 10.6. The molecule has 6 nitrogen and oxygen atoms in total. The summed E-state index contributed by atoms with van der Waals surface area (Å²) in [6, 6.07) is 4.14. The van der Waals surface area contributed by atoms with Crippen molar-refractivity contribution in [3.63, 3.8) is 0 Å². The number of alkyl halides is 3. The zero-order valence-corrected chi connectivity index (χ0v) is 17.9. The molecule has 168 valence electrons. The second kappa shape index (κ2) is 7.67. The molecular formula is C21H25F3N4O2S. The van der Waals surface area contributed by atoms with Gasteiger partial charge in [-0.25, -0.2) is 0 Å². The predicted octanol–water partition coefficient (Wildman–Crippen LogP) is 5.43. The summed E-state index contributed by atoms with van der Waals surface area (Å²) >= 11 is 1.08. The van der Waals surface area contributed by atoms with Crippen LogP contribution >= 0.6 is 11.5 Å². The number of benzene rings is 1. The van der Waals surface area contributed by atoms with Gasteiger partial charge in [0, 0.05) is 26.8 Å². The van der Waals surface area contributed by atoms with Gasteiger partial charge in [-0.3, -0.25) is 9.59 Å². The Balaban J connectivity index is 0.00000193. The van der Waals surface area contributed by atoms with E-state index in [2.05, 4.69) is 14.7 Å². The number of fused-ring (bicyclic) bond motifs is 1. The fourth-order valence-electron chi connectivity index (χ4n) is 4.17. The summed E-state index contributed by atoms with van der Waals surface area (Å²) in [5, 5.41) is 2.54. The van der Waals surface area contributed by atoms with Crippen LogP contribution in [0.25, 0.3) is 10.2 Å². The first-order valence-electron chi connectivity index (χ1n) is 9.86. The molecule has 1 fully saturated rings. The lowest BCUT2D eigenvalue weighted by Crippen LogP contribution is -2.32. The van der Waals surface area contributed by atoms with E-state index >= 15 is 0 Å². The minimum atomic E-state index is -4.67. The molecule has 1 aliphatic heterocycles. The van der Waals surface area contributed by atoms with Gasteiger partial charge in [0.15, 0.2) is 0 Å². The maximum Gasteiger partial charge on any atom is 0.418 e. The van der Waals surface area contributed by atoms with Crippen molar-refractivity contribution in [1.29, 1.82) is 0 Å². The normalized spacial score (nSPS) is 19.2. The highest BCUT2D eigenvalue weighted by molar-refractivity contribution is 7.12. The third kappa shape index (κ3) is 3.80. The molecule has 1 aromatic carbocycles. The van der Waals surface area contributed by atoms with Gasteiger partial charge in [-0.2, -0.15) is 17.5 Å². The van der Waals surface area contributed by atoms with Gasteiger partial charge in [0.1, 0.15) is 10.4 Å². The second-order valence-electron chi connectivity index (χ2n) is 7.87. The number of anilines is 2. The van der Waals surface area contributed by atoms with E-state index in [-0.39, 0.29) is 31.6 Å². The standard InChI is InChI=1S/C21H21F3N4O2S.2H2/c1-10-4-5-11(2)28(10)13-6-7-16(15(8-13)21(22,23)24)26-19(30)14-9-25-20-17(18(14)29)12(3)27-31-20;;/h6-11H,4-5H2,1-3H3,(H,25,29)(H,26,30);2*1H/t10-,11-;;/m1../s1. The van der Waals surface area contributed by atoms with Crippen LogP contribution in [0, 0.1) is 6.92 Å². The van der Waals surface area contributed by atoms with E-state index in [9.17, 15) is 22.8 Å². The van der Waals surface area contributed by atoms with Gasteiger partial charge in [0.2, 0.25) is 5.43 Å². The van der Waals surface area contributed by atoms with Crippen molar-refractivity contribution in [1.82, 2.24) is 9.36 Å². The highest BCUT2D eigenvalue weighted by Crippen LogP contribution is 2.39. The van der Waals surface area contributed by atoms with Crippen molar-refractivity contribution in [2.45, 2.75) is 51.9 Å². The molecule has 0 spiro atoms. The van der Waals surface area contributed by atoms with Gasteiger partial charge in [0.25, 0.3) is 5.91 Å². The van der Waals surface area contributed by atoms with Crippen molar-refractivity contribution in [2.75, 3.05) is 10.2 Å². The number of rotatable bonds is 3. The van der Waals surface area contributed by atoms with E-state index in [0.29, 0.717) is 16.2 Å². The largest absolute Gasteiger partial charge is 0.418 e. The van der Waals surface area contributed by atoms with Crippen molar-refractivity contribution < 1.29 is 20.8 Å². The van der Waals surface area contributed by atoms with E-state index in [1.165, 1.54) is 12.3 Å². The molecule has 10 heteroatoms. The molecule has 1 aliphatic rings. The highest BCUT2D eigenvalue weighted by Gasteiger charge is 2.36. The number of carbonyl (C=O) groups excluding carboxylic acids is 1. The molecule has 0 bridgehead atoms. The fraction of sp³-hybridized carbons (Fsp3) is 0.381. The predicted molar refractivity (Wildman–Crippen MR) is 119 cm³/mol. The zero-order valence-electron chi connectivity index (χ0n) is 17.1. The average Bonchev–Trinajstić information content (AvgIpc) is 3.24. The molecule has 3 aromatic rings. The van der Waals surface area contributed by atoms with Crippen LogP contribution < -0.4 is 15.6 Å². The molecule has 0 radical (unpaired) electrons. The van der Waals surface area contributed by atoms with Crippen molar-refractivity contribution in [3.8, 4) is 0 Å². The highest BCUT2D eigenvalue weighted by atomic mass is 32.1. The minimum absolute atomic E-state index is 0. The molecule has 0 unspecified atom stereocenters. The molecule has 1 saturated heterocycles. The molecule has 0 saturated carbocycles. The molecule has 2 atom stereocenters. The van der Waals surface area contributed by atoms with Crippen LogP contribution in [-0.2, 0) is 6.18 Å². The van der Waals surface area contributed by atoms with Gasteiger partial charge in [-0.1, -0.05) is 0 Å². The van der Waals surface area contributed by atoms with E-state index in [1.54, 1.807) is 13.0 Å². The Morgan fingerprint density at radius 2 is 1.97 bits per heavy atom. The molecule has 1 amide bonds. The van der Waals surface area contributed by atoms with Gasteiger partial charge >= 0.3 is 6.18 Å². The number of pyridine rings is 1. The Kier molecular flexibility index (Phi) is 5.28. The number of aromatic amines is 1. The summed E-state index contributed by atoms with van der Waals surface area (Å²) in [6.45, 7) is 5.60. The molecule has 2 aromatic heterocycles. The SMILES string of the molecule is Cc1nsc2[nH]cc(C(=O)Nc3ccc(N4[C@H](C)CC[C@H]4C)cc3C(F)(F)F)c(=O)c12.[HH].[HH]. The molecule has 0 aliphatic carbocycles. The first kappa shape index (κ1) is 21.4. The number of carbonyl (C=O) groups is 1. The quantitative estimate of drug-likeness (QED) is 0.553. The second-order valence-corrected chi connectivity index (χ2v) is 8.64. The van der Waals surface area contributed by atoms with Crippen LogP contribution in [0.15, 0.2) is 29.2 Å². The third-order valence-corrected chi connectivity index (χ3v) is 6.60. The minimum Gasteiger partial charge on any atom is -0.366 e. The van der Waals surface area contributed by atoms with Crippen molar-refractivity contribution in [3.05, 3.63) is 51.4 Å². The lowest BCUT2D eigenvalue weighted by molar-refractivity contribution is -0.136. The van der Waals surface area contributed by atoms with E-state index in [0.717, 1.165) is 30.4 Å². The summed E-state index contributed by atoms with van der Waals surface area (Å²) in [4.78, 5) is 30.7. The maximum atomic E-state index is 13.8. The Bertz CT molecular complexity index is 1220. The third-order valence-electron chi connectivity index (χ3n) is 5.73. The van der Waals surface area contributed by atoms with Crippen LogP contribution in [-0.4, -0.2) is 27.3 Å². The number of H-pyrrole nitrogens is 1. The summed E-state index contributed by atoms with van der Waals surface area (Å²) in [6.07, 6.45) is -1.66. The van der Waals surface area contributed by atoms with Gasteiger partial charge in [0.05, 0.1) is 22.3 Å². The Morgan fingerprint density at radius 3 is 2.61 bits per heavy atom. The van der Waals surface area contributed by atoms with Crippen LogP contribution in [0.4, 0.5) is 24.5 Å². The lowest BCUT2D eigenvalue weighted by atomic mass is 10.1. The van der Waals surface area contributed by atoms with Crippen molar-refractivity contribution in [2.24, 2.45) is 0 Å². The number of halogens is 3. The molecule has 4 rings (SSSR count). The summed E-state index contributed by atoms with van der Waals surface area (Å²) in [5.74, 6) is -0.907. The topological polar surface area (TPSA) is 78.1 Å². The number of nitrogens with one attached hydrogen (secondary N) is 2. The Labute approximate surface area is 183 Å². The number of nitrogens with zero attached hydrogens (tertiary/aromatic N) is 2. The first-order chi connectivity index (χ1) is 14.6. The Hall–Kier alpha value is -2.88. The van der Waals surface area contributed by atoms with Crippen LogP contribution in [0.3, 0.4) is 0 Å². The summed E-state index contributed by atoms with van der Waals surface area (Å²) < 4.78 is 45.5. The van der Waals surface area contributed by atoms with Crippen molar-refractivity contribution >= 4 is 39.0 Å². The van der Waals surface area contributed by atoms with Gasteiger partial charge < -0.3 is 15.2 Å². The van der Waals surface area contributed by atoms with Gasteiger partial charge in [-0.05, 0) is 63.3 Å². The number of hydrogen-bond donors (Lipinski definition) is 2. The number of amides is 1. The number of hydrogen-bond acceptors (Lipinski definition) is 5. The number of aromatic nitrogens is 2. The van der Waals surface area contributed by atoms with Crippen LogP contribution in [0.5, 0.6) is 0 Å². The van der Waals surface area contributed by atoms with Crippen LogP contribution in [0.1, 0.15) is 51.2 Å². The fourth-order valence-corrected chi connectivity index (χ4v) is 4.94. The summed E-state index contributed by atoms with van der Waals surface area (Å²) in [7, 11) is 0. The average molecular weight is 455 g/mol. The van der Waals surface area contributed by atoms with E-state index in [4.69, 9.17) is 0 Å². The number of aryl methyl sites for hydroxylation is 1. The van der Waals surface area contributed by atoms with E-state index < -0.39 is 23.1 Å².